The maximum absolute atomic E-state index is 5.88. The molecule has 0 amide bonds. The monoisotopic (exact) mass is 342 g/mol. The van der Waals surface area contributed by atoms with E-state index in [1.807, 2.05) is 0 Å². The van der Waals surface area contributed by atoms with E-state index in [0.717, 1.165) is 39.0 Å². The molecule has 6 atom stereocenters. The number of methoxy groups -OCH3 is 4. The Hall–Kier alpha value is -0.320. The van der Waals surface area contributed by atoms with E-state index in [2.05, 4.69) is 19.6 Å². The molecule has 0 aromatic carbocycles. The Morgan fingerprint density at radius 2 is 0.750 bits per heavy atom. The lowest BCUT2D eigenvalue weighted by Crippen LogP contribution is -2.85. The number of hydrogen-bond donors (Lipinski definition) is 0. The van der Waals surface area contributed by atoms with E-state index in [0.29, 0.717) is 0 Å². The first kappa shape index (κ1) is 17.1. The second kappa shape index (κ2) is 6.77. The summed E-state index contributed by atoms with van der Waals surface area (Å²) in [5.74, 6) is 0. The summed E-state index contributed by atoms with van der Waals surface area (Å²) < 4.78 is 23.5. The summed E-state index contributed by atoms with van der Waals surface area (Å²) >= 11 is 0. The highest BCUT2D eigenvalue weighted by Crippen LogP contribution is 2.42. The van der Waals surface area contributed by atoms with Gasteiger partial charge in [0.25, 0.3) is 0 Å². The van der Waals surface area contributed by atoms with Crippen LogP contribution in [0.5, 0.6) is 0 Å². The normalized spacial score (nSPS) is 44.5. The van der Waals surface area contributed by atoms with Crippen LogP contribution in [0.15, 0.2) is 0 Å². The average Bonchev–Trinajstić information content (AvgIpc) is 2.64. The van der Waals surface area contributed by atoms with E-state index in [4.69, 9.17) is 18.9 Å². The highest BCUT2D eigenvalue weighted by molar-refractivity contribution is 5.05. The van der Waals surface area contributed by atoms with E-state index < -0.39 is 0 Å². The van der Waals surface area contributed by atoms with Crippen molar-refractivity contribution in [1.29, 1.82) is 0 Å². The van der Waals surface area contributed by atoms with Crippen LogP contribution in [-0.2, 0) is 18.9 Å². The Kier molecular flexibility index (Phi) is 4.83. The van der Waals surface area contributed by atoms with Crippen LogP contribution < -0.4 is 0 Å². The van der Waals surface area contributed by atoms with Crippen molar-refractivity contribution in [3.05, 3.63) is 0 Å². The van der Waals surface area contributed by atoms with Crippen molar-refractivity contribution >= 4 is 0 Å². The zero-order chi connectivity index (χ0) is 16.8. The van der Waals surface area contributed by atoms with Crippen molar-refractivity contribution in [3.8, 4) is 0 Å². The quantitative estimate of drug-likeness (QED) is 0.682. The van der Waals surface area contributed by atoms with Gasteiger partial charge in [-0.25, -0.2) is 0 Å². The summed E-state index contributed by atoms with van der Waals surface area (Å²) in [5.41, 5.74) is 0. The molecule has 8 heteroatoms. The van der Waals surface area contributed by atoms with Gasteiger partial charge in [-0.15, -0.1) is 0 Å². The van der Waals surface area contributed by atoms with Crippen molar-refractivity contribution in [2.75, 3.05) is 54.6 Å². The highest BCUT2D eigenvalue weighted by atomic mass is 16.6. The summed E-state index contributed by atoms with van der Waals surface area (Å²) in [6.45, 7) is 4.08. The fourth-order valence-electron chi connectivity index (χ4n) is 5.24. The molecule has 4 aliphatic rings. The maximum Gasteiger partial charge on any atom is 0.151 e. The van der Waals surface area contributed by atoms with Gasteiger partial charge in [0, 0.05) is 54.6 Å². The van der Waals surface area contributed by atoms with Crippen molar-refractivity contribution in [1.82, 2.24) is 19.6 Å². The van der Waals surface area contributed by atoms with Crippen molar-refractivity contribution < 1.29 is 18.9 Å². The van der Waals surface area contributed by atoms with Gasteiger partial charge in [0.1, 0.15) is 0 Å². The first-order chi connectivity index (χ1) is 11.8. The topological polar surface area (TPSA) is 49.9 Å². The van der Waals surface area contributed by atoms with Crippen LogP contribution in [0.1, 0.15) is 12.8 Å². The molecule has 0 aromatic rings. The third-order valence-electron chi connectivity index (χ3n) is 6.05. The van der Waals surface area contributed by atoms with Gasteiger partial charge in [-0.3, -0.25) is 19.6 Å². The zero-order valence-corrected chi connectivity index (χ0v) is 15.1. The second-order valence-electron chi connectivity index (χ2n) is 6.99. The van der Waals surface area contributed by atoms with E-state index in [1.54, 1.807) is 28.4 Å². The molecular formula is C16H30N4O4. The van der Waals surface area contributed by atoms with Gasteiger partial charge in [-0.05, 0) is 12.8 Å². The van der Waals surface area contributed by atoms with Gasteiger partial charge in [-0.1, -0.05) is 0 Å². The first-order valence-corrected chi connectivity index (χ1v) is 8.91. The predicted octanol–water partition coefficient (Wildman–Crippen LogP) is -0.429. The fraction of sp³-hybridized carbons (Fsp3) is 1.00. The van der Waals surface area contributed by atoms with Crippen LogP contribution in [-0.4, -0.2) is 111 Å². The van der Waals surface area contributed by atoms with Crippen LogP contribution in [0.3, 0.4) is 0 Å². The number of nitrogens with zero attached hydrogens (tertiary/aromatic N) is 4. The molecule has 0 aromatic heterocycles. The molecule has 0 saturated carbocycles. The minimum atomic E-state index is -0.0596. The summed E-state index contributed by atoms with van der Waals surface area (Å²) in [6.07, 6.45) is 2.43. The lowest BCUT2D eigenvalue weighted by molar-refractivity contribution is -0.360. The molecule has 4 rings (SSSR count). The molecule has 4 heterocycles. The standard InChI is InChI=1S/C16H30N4O4/c1-21-13-14(22-2)18-8-6-10-20-12(18)11-17(13)7-5-9-19(11)15(23-3)16(20)24-4/h11-16H,5-10H2,1-4H3/t11?,12?,13-,14-,15-,16+/m1/s1. The molecule has 0 bridgehead atoms. The maximum atomic E-state index is 5.88. The molecule has 0 radical (unpaired) electrons. The predicted molar refractivity (Wildman–Crippen MR) is 86.8 cm³/mol. The molecule has 0 N–H and O–H groups in total. The molecule has 24 heavy (non-hydrogen) atoms. The number of ether oxygens (including phenoxy) is 4. The molecule has 0 spiro atoms. The molecule has 4 saturated heterocycles. The Morgan fingerprint density at radius 1 is 0.500 bits per heavy atom. The second-order valence-corrected chi connectivity index (χ2v) is 6.99. The Morgan fingerprint density at radius 3 is 0.958 bits per heavy atom. The molecule has 0 aliphatic carbocycles. The van der Waals surface area contributed by atoms with Crippen molar-refractivity contribution in [2.45, 2.75) is 50.1 Å². The number of piperazine rings is 2. The molecule has 4 aliphatic heterocycles. The molecule has 138 valence electrons. The largest absolute Gasteiger partial charge is 0.362 e. The van der Waals surface area contributed by atoms with E-state index in [1.165, 1.54) is 0 Å². The summed E-state index contributed by atoms with van der Waals surface area (Å²) in [6, 6.07) is 0. The van der Waals surface area contributed by atoms with Gasteiger partial charge >= 0.3 is 0 Å². The summed E-state index contributed by atoms with van der Waals surface area (Å²) in [5, 5.41) is 0. The molecular weight excluding hydrogens is 312 g/mol. The van der Waals surface area contributed by atoms with E-state index in [-0.39, 0.29) is 37.2 Å². The fourth-order valence-corrected chi connectivity index (χ4v) is 5.24. The van der Waals surface area contributed by atoms with E-state index >= 15 is 0 Å². The lowest BCUT2D eigenvalue weighted by Gasteiger charge is -2.67. The zero-order valence-electron chi connectivity index (χ0n) is 15.1. The minimum Gasteiger partial charge on any atom is -0.362 e. The van der Waals surface area contributed by atoms with E-state index in [9.17, 15) is 0 Å². The van der Waals surface area contributed by atoms with Gasteiger partial charge < -0.3 is 18.9 Å². The SMILES string of the molecule is CO[C@@H]1[C@@H](OC)N2CCCN3C2C2N1CCCN2[C@H](OC)[C@@H]3OC. The van der Waals surface area contributed by atoms with Crippen LogP contribution in [0.2, 0.25) is 0 Å². The summed E-state index contributed by atoms with van der Waals surface area (Å²) in [4.78, 5) is 9.81. The van der Waals surface area contributed by atoms with Gasteiger partial charge in [0.15, 0.2) is 24.9 Å². The van der Waals surface area contributed by atoms with Crippen LogP contribution in [0.25, 0.3) is 0 Å². The Labute approximate surface area is 144 Å². The summed E-state index contributed by atoms with van der Waals surface area (Å²) in [7, 11) is 7.14. The highest BCUT2D eigenvalue weighted by Gasteiger charge is 2.60. The lowest BCUT2D eigenvalue weighted by atomic mass is 9.97. The smallest absolute Gasteiger partial charge is 0.151 e. The van der Waals surface area contributed by atoms with Crippen LogP contribution >= 0.6 is 0 Å². The third-order valence-corrected chi connectivity index (χ3v) is 6.05. The van der Waals surface area contributed by atoms with Crippen LogP contribution in [0, 0.1) is 0 Å². The molecule has 2 unspecified atom stereocenters. The van der Waals surface area contributed by atoms with Crippen molar-refractivity contribution in [2.24, 2.45) is 0 Å². The molecule has 8 nitrogen and oxygen atoms in total. The van der Waals surface area contributed by atoms with Gasteiger partial charge in [0.05, 0.1) is 12.3 Å². The Bertz CT molecular complexity index is 380. The third kappa shape index (κ3) is 2.29. The Balaban J connectivity index is 1.77. The van der Waals surface area contributed by atoms with Gasteiger partial charge in [-0.2, -0.15) is 0 Å². The molecule has 4 fully saturated rings. The van der Waals surface area contributed by atoms with Crippen molar-refractivity contribution in [3.63, 3.8) is 0 Å². The van der Waals surface area contributed by atoms with Crippen LogP contribution in [0.4, 0.5) is 0 Å². The number of hydrogen-bond acceptors (Lipinski definition) is 8. The van der Waals surface area contributed by atoms with Gasteiger partial charge in [0.2, 0.25) is 0 Å². The average molecular weight is 342 g/mol. The minimum absolute atomic E-state index is 0.0596. The number of rotatable bonds is 4. The first-order valence-electron chi connectivity index (χ1n) is 8.91.